The lowest BCUT2D eigenvalue weighted by Gasteiger charge is -2.21. The average molecular weight is 1480 g/mol. The predicted molar refractivity (Wildman–Crippen MR) is 414 cm³/mol. The van der Waals surface area contributed by atoms with E-state index in [1.807, 2.05) is 0 Å². The molecule has 0 aromatic heterocycles. The second-order valence-electron chi connectivity index (χ2n) is 30.2. The van der Waals surface area contributed by atoms with Gasteiger partial charge < -0.3 is 33.8 Å². The van der Waals surface area contributed by atoms with E-state index in [0.717, 1.165) is 108 Å². The van der Waals surface area contributed by atoms with Gasteiger partial charge in [0.15, 0.2) is 12.2 Å². The maximum atomic E-state index is 13.1. The molecule has 6 atom stereocenters. The highest BCUT2D eigenvalue weighted by Gasteiger charge is 2.30. The molecule has 0 bridgehead atoms. The van der Waals surface area contributed by atoms with Crippen LogP contribution in [0.15, 0.2) is 0 Å². The van der Waals surface area contributed by atoms with Crippen molar-refractivity contribution in [3.8, 4) is 0 Å². The van der Waals surface area contributed by atoms with E-state index >= 15 is 0 Å². The molecule has 0 aromatic carbocycles. The maximum Gasteiger partial charge on any atom is 0.472 e. The Hall–Kier alpha value is -1.94. The highest BCUT2D eigenvalue weighted by molar-refractivity contribution is 7.47. The Balaban J connectivity index is 5.18. The number of carbonyl (C=O) groups excluding carboxylic acids is 4. The van der Waals surface area contributed by atoms with Gasteiger partial charge in [-0.1, -0.05) is 382 Å². The topological polar surface area (TPSA) is 237 Å². The molecular weight excluding hydrogens is 1320 g/mol. The zero-order valence-electron chi connectivity index (χ0n) is 66.2. The van der Waals surface area contributed by atoms with Crippen LogP contribution in [0.2, 0.25) is 0 Å². The summed E-state index contributed by atoms with van der Waals surface area (Å²) in [6, 6.07) is 0. The Morgan fingerprint density at radius 2 is 0.505 bits per heavy atom. The SMILES string of the molecule is CCCCCCCCCCCCCCCCCCCCCCCCC(=O)O[C@H](COC(=O)CCCCCCCCCCCCCCCCC(C)CC)COP(=O)(O)OC[C@@H](O)COP(=O)(O)OC[C@@H](COC(=O)CCCCCCCCCC)OC(=O)CCCCCCCCCCCCC(C)C. The number of carbonyl (C=O) groups is 4. The third-order valence-corrected chi connectivity index (χ3v) is 21.5. The van der Waals surface area contributed by atoms with Gasteiger partial charge in [0.25, 0.3) is 0 Å². The second-order valence-corrected chi connectivity index (χ2v) is 33.1. The predicted octanol–water partition coefficient (Wildman–Crippen LogP) is 24.7. The summed E-state index contributed by atoms with van der Waals surface area (Å²) in [4.78, 5) is 72.9. The number of aliphatic hydroxyl groups excluding tert-OH is 1. The Bertz CT molecular complexity index is 1940. The number of ether oxygens (including phenoxy) is 4. The molecule has 3 unspecified atom stereocenters. The van der Waals surface area contributed by atoms with Gasteiger partial charge in [-0.25, -0.2) is 9.13 Å². The highest BCUT2D eigenvalue weighted by Crippen LogP contribution is 2.45. The molecule has 0 aromatic rings. The van der Waals surface area contributed by atoms with Crippen LogP contribution in [0.3, 0.4) is 0 Å². The summed E-state index contributed by atoms with van der Waals surface area (Å²) in [6.07, 6.45) is 64.0. The van der Waals surface area contributed by atoms with Crippen molar-refractivity contribution in [2.45, 2.75) is 452 Å². The van der Waals surface area contributed by atoms with Crippen LogP contribution in [0, 0.1) is 11.8 Å². The van der Waals surface area contributed by atoms with Gasteiger partial charge >= 0.3 is 39.5 Å². The first-order valence-electron chi connectivity index (χ1n) is 42.5. The van der Waals surface area contributed by atoms with Crippen molar-refractivity contribution in [1.29, 1.82) is 0 Å². The van der Waals surface area contributed by atoms with Gasteiger partial charge in [0.1, 0.15) is 19.3 Å². The van der Waals surface area contributed by atoms with Crippen molar-refractivity contribution in [2.24, 2.45) is 11.8 Å². The van der Waals surface area contributed by atoms with Gasteiger partial charge in [0, 0.05) is 25.7 Å². The minimum Gasteiger partial charge on any atom is -0.462 e. The van der Waals surface area contributed by atoms with Crippen molar-refractivity contribution in [3.05, 3.63) is 0 Å². The molecule has 0 radical (unpaired) electrons. The van der Waals surface area contributed by atoms with Crippen molar-refractivity contribution in [1.82, 2.24) is 0 Å². The van der Waals surface area contributed by atoms with E-state index in [2.05, 4.69) is 41.5 Å². The fourth-order valence-corrected chi connectivity index (χ4v) is 14.3. The molecule has 0 rings (SSSR count). The number of unbranched alkanes of at least 4 members (excludes halogenated alkanes) is 50. The highest BCUT2D eigenvalue weighted by atomic mass is 31.2. The van der Waals surface area contributed by atoms with E-state index in [0.29, 0.717) is 25.7 Å². The summed E-state index contributed by atoms with van der Waals surface area (Å²) in [5.74, 6) is -0.510. The fraction of sp³-hybridized carbons (Fsp3) is 0.951. The van der Waals surface area contributed by atoms with Crippen LogP contribution in [-0.2, 0) is 65.4 Å². The summed E-state index contributed by atoms with van der Waals surface area (Å²) in [5, 5.41) is 10.6. The van der Waals surface area contributed by atoms with Crippen LogP contribution in [0.5, 0.6) is 0 Å². The molecule has 101 heavy (non-hydrogen) atoms. The number of esters is 4. The lowest BCUT2D eigenvalue weighted by Crippen LogP contribution is -2.30. The first kappa shape index (κ1) is 99.1. The zero-order chi connectivity index (χ0) is 74.2. The van der Waals surface area contributed by atoms with Crippen molar-refractivity contribution >= 4 is 39.5 Å². The molecule has 0 heterocycles. The Kier molecular flexibility index (Phi) is 72.2. The molecule has 0 amide bonds. The van der Waals surface area contributed by atoms with Crippen LogP contribution in [0.4, 0.5) is 0 Å². The van der Waals surface area contributed by atoms with Gasteiger partial charge in [-0.15, -0.1) is 0 Å². The Morgan fingerprint density at radius 3 is 0.752 bits per heavy atom. The molecule has 0 spiro atoms. The summed E-state index contributed by atoms with van der Waals surface area (Å²) in [7, 11) is -9.92. The second kappa shape index (κ2) is 73.6. The summed E-state index contributed by atoms with van der Waals surface area (Å²) >= 11 is 0. The Labute approximate surface area is 619 Å². The first-order valence-corrected chi connectivity index (χ1v) is 45.5. The van der Waals surface area contributed by atoms with Crippen LogP contribution in [0.1, 0.15) is 433 Å². The number of rotatable bonds is 81. The molecule has 0 aliphatic rings. The molecule has 17 nitrogen and oxygen atoms in total. The molecular formula is C82H160O17P2. The van der Waals surface area contributed by atoms with Gasteiger partial charge in [0.05, 0.1) is 26.4 Å². The molecule has 0 saturated carbocycles. The maximum absolute atomic E-state index is 13.1. The molecule has 0 saturated heterocycles. The zero-order valence-corrected chi connectivity index (χ0v) is 68.0. The first-order chi connectivity index (χ1) is 48.9. The van der Waals surface area contributed by atoms with E-state index in [1.165, 1.54) is 244 Å². The summed E-state index contributed by atoms with van der Waals surface area (Å²) in [5.41, 5.74) is 0. The largest absolute Gasteiger partial charge is 0.472 e. The van der Waals surface area contributed by atoms with Crippen molar-refractivity contribution < 1.29 is 80.2 Å². The van der Waals surface area contributed by atoms with Crippen LogP contribution >= 0.6 is 15.6 Å². The van der Waals surface area contributed by atoms with E-state index in [-0.39, 0.29) is 25.7 Å². The molecule has 600 valence electrons. The third kappa shape index (κ3) is 74.7. The fourth-order valence-electron chi connectivity index (χ4n) is 12.7. The molecule has 0 aliphatic heterocycles. The van der Waals surface area contributed by atoms with Crippen LogP contribution < -0.4 is 0 Å². The lowest BCUT2D eigenvalue weighted by atomic mass is 9.99. The van der Waals surface area contributed by atoms with E-state index in [1.54, 1.807) is 0 Å². The quantitative estimate of drug-likeness (QED) is 0.0222. The third-order valence-electron chi connectivity index (χ3n) is 19.6. The van der Waals surface area contributed by atoms with E-state index in [4.69, 9.17) is 37.0 Å². The molecule has 3 N–H and O–H groups in total. The molecule has 19 heteroatoms. The summed E-state index contributed by atoms with van der Waals surface area (Å²) < 4.78 is 68.6. The van der Waals surface area contributed by atoms with Crippen molar-refractivity contribution in [2.75, 3.05) is 39.6 Å². The average Bonchev–Trinajstić information content (AvgIpc) is 0.937. The number of hydrogen-bond donors (Lipinski definition) is 3. The lowest BCUT2D eigenvalue weighted by molar-refractivity contribution is -0.161. The van der Waals surface area contributed by atoms with Gasteiger partial charge in [0.2, 0.25) is 0 Å². The van der Waals surface area contributed by atoms with Gasteiger partial charge in [-0.05, 0) is 37.5 Å². The summed E-state index contributed by atoms with van der Waals surface area (Å²) in [6.45, 7) is 9.65. The standard InChI is InChI=1S/C82H160O17P2/c1-7-10-12-14-16-18-19-20-21-22-23-24-25-26-27-28-33-36-42-48-54-60-66-81(86)99-78(71-93-80(85)65-59-53-47-41-35-32-30-29-31-34-40-45-51-57-63-75(6)9-3)73-97-101(90,91)95-69-76(83)68-94-100(88,89)96-72-77(70-92-79(84)64-58-52-46-17-15-13-11-8-2)98-82(87)67-61-55-49-43-38-37-39-44-50-56-62-74(4)5/h74-78,83H,7-73H2,1-6H3,(H,88,89)(H,90,91)/t75?,76-,77+,78+/m0/s1. The molecule has 0 aliphatic carbocycles. The normalized spacial score (nSPS) is 14.2. The minimum atomic E-state index is -4.96. The van der Waals surface area contributed by atoms with Gasteiger partial charge in [-0.3, -0.25) is 37.3 Å². The minimum absolute atomic E-state index is 0.106. The number of aliphatic hydroxyl groups is 1. The van der Waals surface area contributed by atoms with Crippen molar-refractivity contribution in [3.63, 3.8) is 0 Å². The molecule has 0 fully saturated rings. The smallest absolute Gasteiger partial charge is 0.462 e. The number of phosphoric ester groups is 2. The van der Waals surface area contributed by atoms with Gasteiger partial charge in [-0.2, -0.15) is 0 Å². The van der Waals surface area contributed by atoms with Crippen LogP contribution in [0.25, 0.3) is 0 Å². The van der Waals surface area contributed by atoms with E-state index < -0.39 is 97.5 Å². The van der Waals surface area contributed by atoms with Crippen LogP contribution in [-0.4, -0.2) is 96.7 Å². The van der Waals surface area contributed by atoms with E-state index in [9.17, 15) is 43.2 Å². The monoisotopic (exact) mass is 1480 g/mol. The number of hydrogen-bond acceptors (Lipinski definition) is 15. The Morgan fingerprint density at radius 1 is 0.287 bits per heavy atom. The number of phosphoric acid groups is 2.